The van der Waals surface area contributed by atoms with Crippen LogP contribution in [0.2, 0.25) is 0 Å². The molecule has 0 saturated heterocycles. The van der Waals surface area contributed by atoms with E-state index in [1.165, 1.54) is 5.32 Å². The standard InChI is InChI=1S/C30H32F9NO2/c1-25-13-11-19(41)15-18(25)7-8-20-21-9-10-23(26(21,2)14-12-22(20)25)24(42)40-27(29(34,35)36,30(37,38)39)16-3-5-17(6-4-16)28(31,32)33/h3-6,15,20-23H,7-14H2,1-2H3,(H,40,42)/t20-,21-,22-,23?,25-,26-/m0/s1. The van der Waals surface area contributed by atoms with E-state index in [-0.39, 0.29) is 59.6 Å². The molecule has 0 heterocycles. The monoisotopic (exact) mass is 609 g/mol. The van der Waals surface area contributed by atoms with Crippen molar-refractivity contribution in [1.29, 1.82) is 0 Å². The molecule has 1 amide bonds. The van der Waals surface area contributed by atoms with E-state index >= 15 is 0 Å². The Labute approximate surface area is 237 Å². The minimum absolute atomic E-state index is 0.0880. The normalized spacial score (nSPS) is 33.8. The van der Waals surface area contributed by atoms with Crippen LogP contribution in [0.3, 0.4) is 0 Å². The summed E-state index contributed by atoms with van der Waals surface area (Å²) in [5.74, 6) is -2.24. The third-order valence-corrected chi connectivity index (χ3v) is 11.1. The van der Waals surface area contributed by atoms with Crippen molar-refractivity contribution in [3.8, 4) is 0 Å². The van der Waals surface area contributed by atoms with Crippen molar-refractivity contribution in [2.24, 2.45) is 34.5 Å². The van der Waals surface area contributed by atoms with Gasteiger partial charge in [-0.3, -0.25) is 9.59 Å². The number of hydrogen-bond acceptors (Lipinski definition) is 2. The molecule has 4 aliphatic carbocycles. The molecule has 1 aromatic carbocycles. The molecule has 0 spiro atoms. The van der Waals surface area contributed by atoms with Crippen LogP contribution < -0.4 is 5.32 Å². The quantitative estimate of drug-likeness (QED) is 0.351. The number of allylic oxidation sites excluding steroid dienone is 1. The summed E-state index contributed by atoms with van der Waals surface area (Å²) in [6.45, 7) is 3.90. The van der Waals surface area contributed by atoms with Crippen LogP contribution in [-0.4, -0.2) is 24.0 Å². The van der Waals surface area contributed by atoms with Gasteiger partial charge in [0.25, 0.3) is 5.54 Å². The lowest BCUT2D eigenvalue weighted by molar-refractivity contribution is -0.312. The zero-order valence-corrected chi connectivity index (χ0v) is 23.1. The summed E-state index contributed by atoms with van der Waals surface area (Å²) in [4.78, 5) is 25.6. The van der Waals surface area contributed by atoms with Gasteiger partial charge in [0.15, 0.2) is 5.78 Å². The molecule has 4 aliphatic rings. The van der Waals surface area contributed by atoms with Crippen molar-refractivity contribution in [2.75, 3.05) is 0 Å². The molecule has 0 radical (unpaired) electrons. The molecule has 5 rings (SSSR count). The minimum atomic E-state index is -6.10. The Morgan fingerprint density at radius 3 is 1.95 bits per heavy atom. The topological polar surface area (TPSA) is 46.2 Å². The van der Waals surface area contributed by atoms with E-state index in [1.807, 2.05) is 0 Å². The Kier molecular flexibility index (Phi) is 7.17. The van der Waals surface area contributed by atoms with Crippen LogP contribution in [-0.2, 0) is 21.3 Å². The van der Waals surface area contributed by atoms with Crippen molar-refractivity contribution in [3.05, 3.63) is 47.0 Å². The molecule has 0 aromatic heterocycles. The number of alkyl halides is 9. The largest absolute Gasteiger partial charge is 0.424 e. The third kappa shape index (κ3) is 4.57. The van der Waals surface area contributed by atoms with Gasteiger partial charge < -0.3 is 5.32 Å². The molecule has 3 fully saturated rings. The van der Waals surface area contributed by atoms with Crippen LogP contribution in [0.4, 0.5) is 39.5 Å². The van der Waals surface area contributed by atoms with Crippen LogP contribution in [0.25, 0.3) is 0 Å². The molecule has 3 nitrogen and oxygen atoms in total. The molecule has 1 N–H and O–H groups in total. The fraction of sp³-hybridized carbons (Fsp3) is 0.667. The van der Waals surface area contributed by atoms with Crippen LogP contribution >= 0.6 is 0 Å². The highest BCUT2D eigenvalue weighted by Crippen LogP contribution is 2.67. The fourth-order valence-corrected chi connectivity index (χ4v) is 8.87. The van der Waals surface area contributed by atoms with Gasteiger partial charge in [0.05, 0.1) is 5.56 Å². The van der Waals surface area contributed by atoms with Gasteiger partial charge in [-0.15, -0.1) is 0 Å². The molecule has 1 unspecified atom stereocenters. The van der Waals surface area contributed by atoms with Gasteiger partial charge in [0.2, 0.25) is 5.91 Å². The van der Waals surface area contributed by atoms with Crippen molar-refractivity contribution in [2.45, 2.75) is 89.3 Å². The molecule has 232 valence electrons. The second kappa shape index (κ2) is 9.74. The Morgan fingerprint density at radius 2 is 1.38 bits per heavy atom. The zero-order chi connectivity index (χ0) is 31.1. The van der Waals surface area contributed by atoms with E-state index in [0.29, 0.717) is 38.5 Å². The molecule has 0 aliphatic heterocycles. The number of benzene rings is 1. The number of nitrogens with one attached hydrogen (secondary N) is 1. The first-order chi connectivity index (χ1) is 19.3. The van der Waals surface area contributed by atoms with Crippen molar-refractivity contribution in [3.63, 3.8) is 0 Å². The summed E-state index contributed by atoms with van der Waals surface area (Å²) >= 11 is 0. The number of fused-ring (bicyclic) bond motifs is 5. The van der Waals surface area contributed by atoms with Crippen LogP contribution in [0.15, 0.2) is 35.9 Å². The van der Waals surface area contributed by atoms with Crippen LogP contribution in [0.1, 0.15) is 76.3 Å². The number of ketones is 1. The first kappa shape index (κ1) is 30.9. The maximum atomic E-state index is 14.4. The number of hydrogen-bond donors (Lipinski definition) is 1. The van der Waals surface area contributed by atoms with Crippen molar-refractivity contribution in [1.82, 2.24) is 5.32 Å². The SMILES string of the molecule is C[C@]12CCC(=O)C=C1CC[C@@H]1[C@@H]2CC[C@]2(C)C(C(=O)NC(c3ccc(C(F)(F)F)cc3)(C(F)(F)F)C(F)(F)F)CC[C@@H]12. The maximum absolute atomic E-state index is 14.4. The van der Waals surface area contributed by atoms with E-state index in [9.17, 15) is 49.1 Å². The van der Waals surface area contributed by atoms with Gasteiger partial charge in [-0.2, -0.15) is 39.5 Å². The third-order valence-electron chi connectivity index (χ3n) is 11.1. The highest BCUT2D eigenvalue weighted by Gasteiger charge is 2.73. The maximum Gasteiger partial charge on any atom is 0.424 e. The van der Waals surface area contributed by atoms with Crippen molar-refractivity contribution < 1.29 is 49.1 Å². The number of amides is 1. The van der Waals surface area contributed by atoms with E-state index in [2.05, 4.69) is 6.92 Å². The van der Waals surface area contributed by atoms with E-state index < -0.39 is 52.4 Å². The molecule has 3 saturated carbocycles. The first-order valence-corrected chi connectivity index (χ1v) is 14.1. The highest BCUT2D eigenvalue weighted by molar-refractivity contribution is 5.91. The van der Waals surface area contributed by atoms with Gasteiger partial charge in [0, 0.05) is 12.3 Å². The smallest absolute Gasteiger partial charge is 0.331 e. The summed E-state index contributed by atoms with van der Waals surface area (Å²) in [6, 6.07) is 0.536. The van der Waals surface area contributed by atoms with Crippen LogP contribution in [0.5, 0.6) is 0 Å². The molecule has 6 atom stereocenters. The summed E-state index contributed by atoms with van der Waals surface area (Å²) in [7, 11) is 0. The number of halogens is 9. The molecule has 0 bridgehead atoms. The molecular weight excluding hydrogens is 577 g/mol. The highest BCUT2D eigenvalue weighted by atomic mass is 19.4. The van der Waals surface area contributed by atoms with Gasteiger partial charge in [-0.1, -0.05) is 31.6 Å². The average molecular weight is 610 g/mol. The summed E-state index contributed by atoms with van der Waals surface area (Å²) in [6.07, 6.45) is -11.3. The second-order valence-corrected chi connectivity index (χ2v) is 13.0. The average Bonchev–Trinajstić information content (AvgIpc) is 3.23. The lowest BCUT2D eigenvalue weighted by atomic mass is 9.47. The van der Waals surface area contributed by atoms with Crippen molar-refractivity contribution >= 4 is 11.7 Å². The zero-order valence-electron chi connectivity index (χ0n) is 23.1. The summed E-state index contributed by atoms with van der Waals surface area (Å²) < 4.78 is 126. The first-order valence-electron chi connectivity index (χ1n) is 14.1. The Balaban J connectivity index is 1.46. The van der Waals surface area contributed by atoms with Gasteiger partial charge in [-0.25, -0.2) is 0 Å². The predicted octanol–water partition coefficient (Wildman–Crippen LogP) is 8.29. The number of carbonyl (C=O) groups is 2. The van der Waals surface area contributed by atoms with E-state index in [4.69, 9.17) is 0 Å². The minimum Gasteiger partial charge on any atom is -0.331 e. The number of carbonyl (C=O) groups excluding carboxylic acids is 2. The van der Waals surface area contributed by atoms with Crippen LogP contribution in [0, 0.1) is 34.5 Å². The molecule has 42 heavy (non-hydrogen) atoms. The summed E-state index contributed by atoms with van der Waals surface area (Å²) in [5.41, 5.74) is -7.80. The summed E-state index contributed by atoms with van der Waals surface area (Å²) in [5, 5.41) is 1.30. The molecular formula is C30H32F9NO2. The van der Waals surface area contributed by atoms with Gasteiger partial charge >= 0.3 is 18.5 Å². The lowest BCUT2D eigenvalue weighted by Gasteiger charge is -2.58. The Bertz CT molecular complexity index is 1270. The van der Waals surface area contributed by atoms with E-state index in [0.717, 1.165) is 12.0 Å². The number of rotatable bonds is 3. The molecule has 1 aromatic rings. The van der Waals surface area contributed by atoms with Gasteiger partial charge in [-0.05, 0) is 97.3 Å². The Hall–Kier alpha value is -2.53. The van der Waals surface area contributed by atoms with Gasteiger partial charge in [0.1, 0.15) is 0 Å². The molecule has 12 heteroatoms. The lowest BCUT2D eigenvalue weighted by Crippen LogP contribution is -2.66. The Morgan fingerprint density at radius 1 is 0.786 bits per heavy atom. The fourth-order valence-electron chi connectivity index (χ4n) is 8.87. The second-order valence-electron chi connectivity index (χ2n) is 13.0. The predicted molar refractivity (Wildman–Crippen MR) is 134 cm³/mol. The van der Waals surface area contributed by atoms with E-state index in [1.54, 1.807) is 13.0 Å².